The first-order valence-corrected chi connectivity index (χ1v) is 6.27. The minimum Gasteiger partial charge on any atom is -0.0845 e. The van der Waals surface area contributed by atoms with E-state index in [0.29, 0.717) is 0 Å². The molecule has 0 bridgehead atoms. The molecule has 0 fully saturated rings. The molecule has 0 amide bonds. The van der Waals surface area contributed by atoms with E-state index in [4.69, 9.17) is 6.58 Å². The van der Waals surface area contributed by atoms with E-state index in [-0.39, 0.29) is 0 Å². The number of rotatable bonds is 10. The molecule has 0 heterocycles. The van der Waals surface area contributed by atoms with Crippen LogP contribution in [0, 0.1) is 6.58 Å². The highest BCUT2D eigenvalue weighted by Gasteiger charge is 1.82. The van der Waals surface area contributed by atoms with Crippen LogP contribution in [0.4, 0.5) is 0 Å². The standard InChI is InChI=1S/C15H25/c1-3-5-7-9-11-13-15-14-12-10-8-6-4-2/h1,3,12-15H,4-11H2,2H3. The summed E-state index contributed by atoms with van der Waals surface area (Å²) in [5.41, 5.74) is 0. The van der Waals surface area contributed by atoms with Gasteiger partial charge < -0.3 is 0 Å². The third kappa shape index (κ3) is 13.2. The van der Waals surface area contributed by atoms with E-state index < -0.39 is 0 Å². The topological polar surface area (TPSA) is 0 Å². The van der Waals surface area contributed by atoms with Crippen molar-refractivity contribution in [1.29, 1.82) is 0 Å². The van der Waals surface area contributed by atoms with E-state index in [1.54, 1.807) is 6.08 Å². The van der Waals surface area contributed by atoms with Crippen molar-refractivity contribution in [2.24, 2.45) is 0 Å². The zero-order chi connectivity index (χ0) is 11.2. The molecule has 0 aliphatic heterocycles. The molecule has 85 valence electrons. The molecule has 0 aromatic carbocycles. The van der Waals surface area contributed by atoms with E-state index in [0.717, 1.165) is 6.42 Å². The number of unbranched alkanes of at least 4 members (excludes halogenated alkanes) is 6. The Labute approximate surface area is 95.8 Å². The van der Waals surface area contributed by atoms with Crippen molar-refractivity contribution >= 4 is 0 Å². The first-order chi connectivity index (χ1) is 7.41. The molecule has 0 rings (SSSR count). The van der Waals surface area contributed by atoms with Crippen LogP contribution in [-0.4, -0.2) is 0 Å². The van der Waals surface area contributed by atoms with Gasteiger partial charge in [-0.1, -0.05) is 56.7 Å². The van der Waals surface area contributed by atoms with Gasteiger partial charge in [-0.15, -0.1) is 0 Å². The van der Waals surface area contributed by atoms with Crippen LogP contribution in [0.15, 0.2) is 30.4 Å². The molecular formula is C15H25. The van der Waals surface area contributed by atoms with E-state index in [9.17, 15) is 0 Å². The largest absolute Gasteiger partial charge is 0.0845 e. The van der Waals surface area contributed by atoms with Gasteiger partial charge in [0.2, 0.25) is 0 Å². The van der Waals surface area contributed by atoms with Gasteiger partial charge in [0.1, 0.15) is 0 Å². The molecule has 0 heteroatoms. The third-order valence-corrected chi connectivity index (χ3v) is 2.35. The second kappa shape index (κ2) is 13.2. The monoisotopic (exact) mass is 205 g/mol. The fourth-order valence-corrected chi connectivity index (χ4v) is 1.39. The minimum absolute atomic E-state index is 1.04. The lowest BCUT2D eigenvalue weighted by Crippen LogP contribution is -1.71. The summed E-state index contributed by atoms with van der Waals surface area (Å²) in [7, 11) is 0. The molecule has 0 N–H and O–H groups in total. The predicted molar refractivity (Wildman–Crippen MR) is 69.8 cm³/mol. The minimum atomic E-state index is 1.04. The summed E-state index contributed by atoms with van der Waals surface area (Å²) < 4.78 is 0. The fourth-order valence-electron chi connectivity index (χ4n) is 1.39. The average molecular weight is 205 g/mol. The summed E-state index contributed by atoms with van der Waals surface area (Å²) in [5.74, 6) is 0. The smallest absolute Gasteiger partial charge is 0.0347 e. The first kappa shape index (κ1) is 14.2. The maximum absolute atomic E-state index is 5.29. The maximum Gasteiger partial charge on any atom is -0.0347 e. The average Bonchev–Trinajstić information content (AvgIpc) is 2.26. The molecule has 1 radical (unpaired) electrons. The highest BCUT2D eigenvalue weighted by Crippen LogP contribution is 2.02. The van der Waals surface area contributed by atoms with Crippen molar-refractivity contribution in [3.05, 3.63) is 37.0 Å². The van der Waals surface area contributed by atoms with Gasteiger partial charge in [-0.2, -0.15) is 0 Å². The van der Waals surface area contributed by atoms with Crippen molar-refractivity contribution in [3.8, 4) is 0 Å². The van der Waals surface area contributed by atoms with E-state index in [2.05, 4.69) is 31.2 Å². The summed E-state index contributed by atoms with van der Waals surface area (Å²) >= 11 is 0. The SMILES string of the molecule is [CH]=CCCCCC=CC=CCCCCC. The molecule has 15 heavy (non-hydrogen) atoms. The molecule has 0 atom stereocenters. The Kier molecular flexibility index (Phi) is 12.5. The van der Waals surface area contributed by atoms with Gasteiger partial charge in [0.05, 0.1) is 0 Å². The Morgan fingerprint density at radius 2 is 1.33 bits per heavy atom. The lowest BCUT2D eigenvalue weighted by molar-refractivity contribution is 0.729. The van der Waals surface area contributed by atoms with Crippen molar-refractivity contribution in [2.45, 2.75) is 58.3 Å². The molecule has 0 unspecified atom stereocenters. The van der Waals surface area contributed by atoms with Gasteiger partial charge in [-0.05, 0) is 38.5 Å². The summed E-state index contributed by atoms with van der Waals surface area (Å²) in [6.07, 6.45) is 20.5. The maximum atomic E-state index is 5.29. The summed E-state index contributed by atoms with van der Waals surface area (Å²) in [6, 6.07) is 0. The highest BCUT2D eigenvalue weighted by atomic mass is 13.9. The van der Waals surface area contributed by atoms with Gasteiger partial charge >= 0.3 is 0 Å². The van der Waals surface area contributed by atoms with Crippen LogP contribution in [0.5, 0.6) is 0 Å². The van der Waals surface area contributed by atoms with Crippen LogP contribution in [-0.2, 0) is 0 Å². The van der Waals surface area contributed by atoms with Crippen molar-refractivity contribution < 1.29 is 0 Å². The zero-order valence-corrected chi connectivity index (χ0v) is 10.1. The van der Waals surface area contributed by atoms with Gasteiger partial charge in [-0.3, -0.25) is 0 Å². The van der Waals surface area contributed by atoms with Crippen LogP contribution in [0.25, 0.3) is 0 Å². The fraction of sp³-hybridized carbons (Fsp3) is 0.600. The lowest BCUT2D eigenvalue weighted by Gasteiger charge is -1.91. The Morgan fingerprint density at radius 3 is 1.87 bits per heavy atom. The summed E-state index contributed by atoms with van der Waals surface area (Å²) in [4.78, 5) is 0. The van der Waals surface area contributed by atoms with E-state index >= 15 is 0 Å². The molecular weight excluding hydrogens is 180 g/mol. The molecule has 0 aromatic rings. The number of hydrogen-bond acceptors (Lipinski definition) is 0. The number of hydrogen-bond donors (Lipinski definition) is 0. The van der Waals surface area contributed by atoms with Crippen LogP contribution in [0.1, 0.15) is 58.3 Å². The Bertz CT molecular complexity index is 174. The molecule has 0 saturated carbocycles. The van der Waals surface area contributed by atoms with Crippen molar-refractivity contribution in [3.63, 3.8) is 0 Å². The van der Waals surface area contributed by atoms with Crippen molar-refractivity contribution in [2.75, 3.05) is 0 Å². The normalized spacial score (nSPS) is 11.5. The van der Waals surface area contributed by atoms with Crippen LogP contribution < -0.4 is 0 Å². The molecule has 0 saturated heterocycles. The molecule has 0 aliphatic carbocycles. The van der Waals surface area contributed by atoms with Crippen LogP contribution in [0.2, 0.25) is 0 Å². The van der Waals surface area contributed by atoms with Crippen LogP contribution >= 0.6 is 0 Å². The zero-order valence-electron chi connectivity index (χ0n) is 10.1. The second-order valence-electron chi connectivity index (χ2n) is 3.87. The van der Waals surface area contributed by atoms with Crippen LogP contribution in [0.3, 0.4) is 0 Å². The molecule has 0 aliphatic rings. The molecule has 0 spiro atoms. The summed E-state index contributed by atoms with van der Waals surface area (Å²) in [5, 5.41) is 0. The third-order valence-electron chi connectivity index (χ3n) is 2.35. The van der Waals surface area contributed by atoms with E-state index in [1.165, 1.54) is 44.9 Å². The second-order valence-corrected chi connectivity index (χ2v) is 3.87. The molecule has 0 nitrogen and oxygen atoms in total. The Morgan fingerprint density at radius 1 is 0.800 bits per heavy atom. The van der Waals surface area contributed by atoms with Gasteiger partial charge in [0.25, 0.3) is 0 Å². The Hall–Kier alpha value is -0.780. The lowest BCUT2D eigenvalue weighted by atomic mass is 10.2. The van der Waals surface area contributed by atoms with Gasteiger partial charge in [-0.25, -0.2) is 0 Å². The predicted octanol–water partition coefficient (Wildman–Crippen LogP) is 5.23. The van der Waals surface area contributed by atoms with Gasteiger partial charge in [0, 0.05) is 0 Å². The van der Waals surface area contributed by atoms with E-state index in [1.807, 2.05) is 0 Å². The quantitative estimate of drug-likeness (QED) is 0.338. The van der Waals surface area contributed by atoms with Gasteiger partial charge in [0.15, 0.2) is 0 Å². The highest BCUT2D eigenvalue weighted by molar-refractivity contribution is 5.02. The molecule has 0 aromatic heterocycles. The Balaban J connectivity index is 3.18. The number of allylic oxidation sites excluding steroid dienone is 5. The first-order valence-electron chi connectivity index (χ1n) is 6.27. The van der Waals surface area contributed by atoms with Crippen molar-refractivity contribution in [1.82, 2.24) is 0 Å². The summed E-state index contributed by atoms with van der Waals surface area (Å²) in [6.45, 7) is 7.53.